The van der Waals surface area contributed by atoms with Gasteiger partial charge in [0, 0.05) is 36.1 Å². The highest BCUT2D eigenvalue weighted by Crippen LogP contribution is 2.42. The molecule has 0 bridgehead atoms. The Balaban J connectivity index is 1.57. The van der Waals surface area contributed by atoms with Crippen LogP contribution in [0.1, 0.15) is 25.3 Å². The van der Waals surface area contributed by atoms with Crippen LogP contribution in [-0.4, -0.2) is 57.6 Å². The van der Waals surface area contributed by atoms with E-state index in [1.807, 2.05) is 30.5 Å². The predicted octanol–water partition coefficient (Wildman–Crippen LogP) is 5.12. The van der Waals surface area contributed by atoms with Gasteiger partial charge in [0.15, 0.2) is 29.2 Å². The Labute approximate surface area is 230 Å². The molecule has 1 aliphatic rings. The van der Waals surface area contributed by atoms with Gasteiger partial charge in [-0.1, -0.05) is 32.0 Å². The van der Waals surface area contributed by atoms with Crippen LogP contribution in [0.15, 0.2) is 72.1 Å². The lowest BCUT2D eigenvalue weighted by atomic mass is 10.1. The van der Waals surface area contributed by atoms with Gasteiger partial charge in [0.25, 0.3) is 5.88 Å². The molecule has 1 fully saturated rings. The molecular weight excluding hydrogens is 518 g/mol. The number of rotatable bonds is 10. The summed E-state index contributed by atoms with van der Waals surface area (Å²) in [5.41, 5.74) is 1.88. The van der Waals surface area contributed by atoms with Gasteiger partial charge in [-0.25, -0.2) is 9.97 Å². The highest BCUT2D eigenvalue weighted by Gasteiger charge is 2.31. The van der Waals surface area contributed by atoms with Gasteiger partial charge < -0.3 is 28.8 Å². The SMILES string of the molecule is COc1ccccc1Oc1c(NSc2ccc(C(C)C)cn2)nc(-c2ccncc2)nc1O[C@@H]1COC[C@@H]1O. The van der Waals surface area contributed by atoms with Crippen LogP contribution in [0, 0.1) is 0 Å². The summed E-state index contributed by atoms with van der Waals surface area (Å²) >= 11 is 1.28. The molecule has 0 saturated carbocycles. The lowest BCUT2D eigenvalue weighted by Crippen LogP contribution is -2.30. The van der Waals surface area contributed by atoms with Crippen LogP contribution in [0.4, 0.5) is 5.82 Å². The first kappa shape index (κ1) is 26.7. The van der Waals surface area contributed by atoms with Crippen molar-refractivity contribution in [2.45, 2.75) is 37.0 Å². The average molecular weight is 548 g/mol. The number of ether oxygens (including phenoxy) is 4. The van der Waals surface area contributed by atoms with Gasteiger partial charge in [-0.05, 0) is 41.8 Å². The summed E-state index contributed by atoms with van der Waals surface area (Å²) in [6, 6.07) is 14.8. The minimum Gasteiger partial charge on any atom is -0.493 e. The first-order valence-electron chi connectivity index (χ1n) is 12.5. The molecule has 4 heterocycles. The van der Waals surface area contributed by atoms with Gasteiger partial charge in [-0.2, -0.15) is 4.98 Å². The van der Waals surface area contributed by atoms with E-state index in [1.54, 1.807) is 43.8 Å². The Bertz CT molecular complexity index is 1390. The number of aliphatic hydroxyl groups excluding tert-OH is 1. The number of nitrogens with one attached hydrogen (secondary N) is 1. The van der Waals surface area contributed by atoms with Crippen molar-refractivity contribution >= 4 is 17.8 Å². The molecule has 5 rings (SSSR count). The molecule has 0 spiro atoms. The molecule has 202 valence electrons. The summed E-state index contributed by atoms with van der Waals surface area (Å²) < 4.78 is 26.7. The number of nitrogens with zero attached hydrogens (tertiary/aromatic N) is 4. The van der Waals surface area contributed by atoms with E-state index < -0.39 is 12.2 Å². The van der Waals surface area contributed by atoms with Crippen molar-refractivity contribution in [2.24, 2.45) is 0 Å². The molecule has 2 atom stereocenters. The molecule has 1 aliphatic heterocycles. The minimum atomic E-state index is -0.807. The fourth-order valence-electron chi connectivity index (χ4n) is 3.79. The Morgan fingerprint density at radius 2 is 1.82 bits per heavy atom. The molecule has 1 saturated heterocycles. The first-order chi connectivity index (χ1) is 19.0. The zero-order chi connectivity index (χ0) is 27.2. The van der Waals surface area contributed by atoms with Crippen molar-refractivity contribution in [2.75, 3.05) is 25.0 Å². The summed E-state index contributed by atoms with van der Waals surface area (Å²) in [6.45, 7) is 4.64. The topological polar surface area (TPSA) is 121 Å². The smallest absolute Gasteiger partial charge is 0.264 e. The molecule has 2 N–H and O–H groups in total. The van der Waals surface area contributed by atoms with Crippen molar-refractivity contribution in [1.82, 2.24) is 19.9 Å². The van der Waals surface area contributed by atoms with Crippen LogP contribution in [-0.2, 0) is 4.74 Å². The third-order valence-corrected chi connectivity index (χ3v) is 6.74. The molecule has 1 aromatic carbocycles. The maximum Gasteiger partial charge on any atom is 0.264 e. The molecule has 3 aromatic heterocycles. The highest BCUT2D eigenvalue weighted by molar-refractivity contribution is 8.00. The molecule has 0 amide bonds. The second kappa shape index (κ2) is 12.3. The molecule has 0 radical (unpaired) electrons. The second-order valence-electron chi connectivity index (χ2n) is 9.07. The number of hydrogen-bond donors (Lipinski definition) is 2. The van der Waals surface area contributed by atoms with Crippen molar-refractivity contribution in [3.63, 3.8) is 0 Å². The summed E-state index contributed by atoms with van der Waals surface area (Å²) in [5, 5.41) is 11.1. The van der Waals surface area contributed by atoms with Crippen LogP contribution < -0.4 is 18.9 Å². The number of methoxy groups -OCH3 is 1. The van der Waals surface area contributed by atoms with Crippen LogP contribution >= 0.6 is 11.9 Å². The van der Waals surface area contributed by atoms with E-state index in [0.29, 0.717) is 29.1 Å². The van der Waals surface area contributed by atoms with Gasteiger partial charge in [0.2, 0.25) is 5.75 Å². The molecule has 4 aromatic rings. The van der Waals surface area contributed by atoms with Gasteiger partial charge in [-0.3, -0.25) is 4.98 Å². The summed E-state index contributed by atoms with van der Waals surface area (Å²) in [7, 11) is 1.57. The Morgan fingerprint density at radius 1 is 1.03 bits per heavy atom. The summed E-state index contributed by atoms with van der Waals surface area (Å²) in [4.78, 5) is 18.1. The Hall–Kier alpha value is -3.93. The standard InChI is InChI=1S/C28H29N5O5S/c1-17(2)19-8-9-24(30-14-19)39-33-27-25(37-22-7-5-4-6-21(22)35-3)28(38-23-16-36-15-20(23)34)32-26(31-27)18-10-12-29-13-11-18/h4-14,17,20,23,34H,15-16H2,1-3H3,(H,31,32,33)/t20-,23+/m0/s1. The predicted molar refractivity (Wildman–Crippen MR) is 147 cm³/mol. The van der Waals surface area contributed by atoms with Gasteiger partial charge in [-0.15, -0.1) is 0 Å². The fourth-order valence-corrected chi connectivity index (χ4v) is 4.37. The first-order valence-corrected chi connectivity index (χ1v) is 13.3. The molecular formula is C28H29N5O5S. The van der Waals surface area contributed by atoms with Gasteiger partial charge in [0.05, 0.1) is 20.3 Å². The number of anilines is 1. The van der Waals surface area contributed by atoms with Crippen LogP contribution in [0.5, 0.6) is 23.1 Å². The van der Waals surface area contributed by atoms with E-state index in [2.05, 4.69) is 33.5 Å². The number of aliphatic hydroxyl groups is 1. The maximum absolute atomic E-state index is 10.4. The summed E-state index contributed by atoms with van der Waals surface area (Å²) in [6.07, 6.45) is 3.75. The zero-order valence-corrected chi connectivity index (χ0v) is 22.6. The molecule has 39 heavy (non-hydrogen) atoms. The molecule has 11 heteroatoms. The largest absolute Gasteiger partial charge is 0.493 e. The van der Waals surface area contributed by atoms with E-state index >= 15 is 0 Å². The zero-order valence-electron chi connectivity index (χ0n) is 21.8. The minimum absolute atomic E-state index is 0.142. The van der Waals surface area contributed by atoms with Gasteiger partial charge in [0.1, 0.15) is 11.1 Å². The monoisotopic (exact) mass is 547 g/mol. The van der Waals surface area contributed by atoms with Crippen molar-refractivity contribution in [3.8, 4) is 34.5 Å². The lowest BCUT2D eigenvalue weighted by Gasteiger charge is -2.20. The normalized spacial score (nSPS) is 16.7. The Kier molecular flexibility index (Phi) is 8.40. The van der Waals surface area contributed by atoms with Crippen LogP contribution in [0.2, 0.25) is 0 Å². The molecule has 10 nitrogen and oxygen atoms in total. The number of benzene rings is 1. The highest BCUT2D eigenvalue weighted by atomic mass is 32.2. The average Bonchev–Trinajstić information content (AvgIpc) is 3.37. The molecule has 0 unspecified atom stereocenters. The number of para-hydroxylation sites is 2. The van der Waals surface area contributed by atoms with E-state index in [1.165, 1.54) is 11.9 Å². The van der Waals surface area contributed by atoms with Crippen molar-refractivity contribution in [3.05, 3.63) is 72.7 Å². The van der Waals surface area contributed by atoms with E-state index in [0.717, 1.165) is 16.2 Å². The quantitative estimate of drug-likeness (QED) is 0.258. The number of aromatic nitrogens is 4. The number of pyridine rings is 2. The third kappa shape index (κ3) is 6.39. The fraction of sp³-hybridized carbons (Fsp3) is 0.286. The molecule has 0 aliphatic carbocycles. The maximum atomic E-state index is 10.4. The van der Waals surface area contributed by atoms with Crippen molar-refractivity contribution in [1.29, 1.82) is 0 Å². The van der Waals surface area contributed by atoms with Crippen molar-refractivity contribution < 1.29 is 24.1 Å². The van der Waals surface area contributed by atoms with E-state index in [9.17, 15) is 5.11 Å². The van der Waals surface area contributed by atoms with Crippen LogP contribution in [0.25, 0.3) is 11.4 Å². The third-order valence-electron chi connectivity index (χ3n) is 6.00. The van der Waals surface area contributed by atoms with E-state index in [-0.39, 0.29) is 24.8 Å². The number of hydrogen-bond acceptors (Lipinski definition) is 11. The second-order valence-corrected chi connectivity index (χ2v) is 9.90. The van der Waals surface area contributed by atoms with E-state index in [4.69, 9.17) is 23.9 Å². The Morgan fingerprint density at radius 3 is 2.49 bits per heavy atom. The lowest BCUT2D eigenvalue weighted by molar-refractivity contribution is 0.0687. The van der Waals surface area contributed by atoms with Gasteiger partial charge >= 0.3 is 0 Å². The van der Waals surface area contributed by atoms with Crippen LogP contribution in [0.3, 0.4) is 0 Å². The summed E-state index contributed by atoms with van der Waals surface area (Å²) in [5.74, 6) is 2.46.